The summed E-state index contributed by atoms with van der Waals surface area (Å²) in [6, 6.07) is 0. The smallest absolute Gasteiger partial charge is 0.323 e. The van der Waals surface area contributed by atoms with Crippen LogP contribution in [0.2, 0.25) is 0 Å². The van der Waals surface area contributed by atoms with Crippen molar-refractivity contribution in [3.8, 4) is 0 Å². The highest BCUT2D eigenvalue weighted by molar-refractivity contribution is 5.78. The lowest BCUT2D eigenvalue weighted by Crippen LogP contribution is -2.49. The molecule has 0 aliphatic rings. The molecule has 0 aliphatic heterocycles. The fraction of sp³-hybridized carbons (Fsp3) is 0.929. The van der Waals surface area contributed by atoms with Crippen LogP contribution in [-0.4, -0.2) is 36.4 Å². The number of aliphatic carboxylic acids is 1. The molecule has 0 aromatic rings. The molecule has 108 valence electrons. The summed E-state index contributed by atoms with van der Waals surface area (Å²) >= 11 is 0. The van der Waals surface area contributed by atoms with Gasteiger partial charge >= 0.3 is 5.97 Å². The number of hydrogen-bond donors (Lipinski definition) is 2. The van der Waals surface area contributed by atoms with Gasteiger partial charge in [-0.05, 0) is 39.2 Å². The van der Waals surface area contributed by atoms with Gasteiger partial charge < -0.3 is 15.2 Å². The van der Waals surface area contributed by atoms with E-state index in [1.807, 2.05) is 6.92 Å². The molecule has 0 fully saturated rings. The van der Waals surface area contributed by atoms with E-state index in [9.17, 15) is 9.90 Å². The maximum Gasteiger partial charge on any atom is 0.323 e. The maximum atomic E-state index is 11.2. The summed E-state index contributed by atoms with van der Waals surface area (Å²) in [4.78, 5) is 11.2. The van der Waals surface area contributed by atoms with Gasteiger partial charge in [-0.25, -0.2) is 0 Å². The molecule has 0 aromatic heterocycles. The largest absolute Gasteiger partial charge is 0.480 e. The molecule has 0 saturated heterocycles. The first kappa shape index (κ1) is 17.4. The third kappa shape index (κ3) is 7.67. The molecular formula is C14H29NO3. The number of carbonyl (C=O) groups is 1. The Morgan fingerprint density at radius 3 is 2.39 bits per heavy atom. The Morgan fingerprint density at radius 1 is 1.17 bits per heavy atom. The average Bonchev–Trinajstić information content (AvgIpc) is 2.35. The molecule has 0 aromatic carbocycles. The van der Waals surface area contributed by atoms with Crippen LogP contribution >= 0.6 is 0 Å². The first-order chi connectivity index (χ1) is 8.56. The van der Waals surface area contributed by atoms with Crippen LogP contribution in [0, 0.1) is 0 Å². The first-order valence-corrected chi connectivity index (χ1v) is 7.13. The van der Waals surface area contributed by atoms with E-state index in [-0.39, 0.29) is 0 Å². The van der Waals surface area contributed by atoms with Gasteiger partial charge in [0.15, 0.2) is 0 Å². The summed E-state index contributed by atoms with van der Waals surface area (Å²) in [5.41, 5.74) is -0.817. The molecule has 0 amide bonds. The predicted octanol–water partition coefficient (Wildman–Crippen LogP) is 2.82. The number of hydrogen-bond acceptors (Lipinski definition) is 3. The molecule has 1 atom stereocenters. The van der Waals surface area contributed by atoms with E-state index in [0.717, 1.165) is 32.4 Å². The lowest BCUT2D eigenvalue weighted by atomic mass is 9.96. The summed E-state index contributed by atoms with van der Waals surface area (Å²) in [5.74, 6) is -0.776. The number of nitrogens with one attached hydrogen (secondary N) is 1. The Hall–Kier alpha value is -0.610. The number of carboxylic acids is 1. The van der Waals surface area contributed by atoms with E-state index in [2.05, 4.69) is 12.2 Å². The number of rotatable bonds is 12. The predicted molar refractivity (Wildman–Crippen MR) is 73.9 cm³/mol. The lowest BCUT2D eigenvalue weighted by Gasteiger charge is -2.26. The zero-order chi connectivity index (χ0) is 13.9. The van der Waals surface area contributed by atoms with Crippen LogP contribution in [0.25, 0.3) is 0 Å². The van der Waals surface area contributed by atoms with Gasteiger partial charge in [0, 0.05) is 13.2 Å². The van der Waals surface area contributed by atoms with E-state index >= 15 is 0 Å². The van der Waals surface area contributed by atoms with Crippen molar-refractivity contribution in [3.63, 3.8) is 0 Å². The van der Waals surface area contributed by atoms with Crippen LogP contribution < -0.4 is 5.32 Å². The Labute approximate surface area is 111 Å². The second-order valence-corrected chi connectivity index (χ2v) is 4.99. The Bertz CT molecular complexity index is 221. The molecule has 0 spiro atoms. The molecule has 18 heavy (non-hydrogen) atoms. The van der Waals surface area contributed by atoms with E-state index in [1.165, 1.54) is 12.8 Å². The van der Waals surface area contributed by atoms with Crippen LogP contribution in [0.1, 0.15) is 59.3 Å². The van der Waals surface area contributed by atoms with E-state index in [0.29, 0.717) is 13.0 Å². The lowest BCUT2D eigenvalue weighted by molar-refractivity contribution is -0.144. The number of unbranched alkanes of at least 4 members (excludes halogenated alkanes) is 2. The molecule has 0 heterocycles. The van der Waals surface area contributed by atoms with Crippen molar-refractivity contribution in [1.82, 2.24) is 5.32 Å². The molecule has 0 aliphatic carbocycles. The van der Waals surface area contributed by atoms with Crippen molar-refractivity contribution < 1.29 is 14.6 Å². The minimum Gasteiger partial charge on any atom is -0.480 e. The van der Waals surface area contributed by atoms with Crippen LogP contribution in [0.3, 0.4) is 0 Å². The van der Waals surface area contributed by atoms with Crippen LogP contribution in [0.4, 0.5) is 0 Å². The molecule has 1 unspecified atom stereocenters. The summed E-state index contributed by atoms with van der Waals surface area (Å²) in [5, 5.41) is 12.3. The fourth-order valence-electron chi connectivity index (χ4n) is 1.76. The van der Waals surface area contributed by atoms with Gasteiger partial charge in [0.05, 0.1) is 0 Å². The van der Waals surface area contributed by atoms with Gasteiger partial charge in [-0.2, -0.15) is 0 Å². The van der Waals surface area contributed by atoms with E-state index in [4.69, 9.17) is 4.74 Å². The molecule has 0 radical (unpaired) electrons. The van der Waals surface area contributed by atoms with Crippen molar-refractivity contribution in [2.75, 3.05) is 19.8 Å². The van der Waals surface area contributed by atoms with Crippen LogP contribution in [0.5, 0.6) is 0 Å². The van der Waals surface area contributed by atoms with E-state index in [1.54, 1.807) is 6.92 Å². The Morgan fingerprint density at radius 2 is 1.83 bits per heavy atom. The Kier molecular flexibility index (Phi) is 9.98. The number of carboxylic acid groups (broad SMARTS) is 1. The van der Waals surface area contributed by atoms with Gasteiger partial charge in [0.25, 0.3) is 0 Å². The zero-order valence-corrected chi connectivity index (χ0v) is 12.1. The standard InChI is InChI=1S/C14H29NO3/c1-4-6-7-11-18-12-8-9-14(3,13(16)17)15-10-5-2/h15H,4-12H2,1-3H3,(H,16,17). The zero-order valence-electron chi connectivity index (χ0n) is 12.1. The third-order valence-electron chi connectivity index (χ3n) is 3.09. The van der Waals surface area contributed by atoms with Crippen molar-refractivity contribution in [1.29, 1.82) is 0 Å². The minimum absolute atomic E-state index is 0.607. The summed E-state index contributed by atoms with van der Waals surface area (Å²) < 4.78 is 5.49. The SMILES string of the molecule is CCCCCOCCCC(C)(NCCC)C(=O)O. The van der Waals surface area contributed by atoms with Gasteiger partial charge in [-0.1, -0.05) is 26.7 Å². The topological polar surface area (TPSA) is 58.6 Å². The highest BCUT2D eigenvalue weighted by Crippen LogP contribution is 2.13. The third-order valence-corrected chi connectivity index (χ3v) is 3.09. The normalized spacial score (nSPS) is 14.4. The van der Waals surface area contributed by atoms with Crippen molar-refractivity contribution >= 4 is 5.97 Å². The van der Waals surface area contributed by atoms with E-state index < -0.39 is 11.5 Å². The molecular weight excluding hydrogens is 230 g/mol. The molecule has 0 saturated carbocycles. The van der Waals surface area contributed by atoms with Gasteiger partial charge in [0.1, 0.15) is 5.54 Å². The average molecular weight is 259 g/mol. The van der Waals surface area contributed by atoms with Gasteiger partial charge in [-0.3, -0.25) is 4.79 Å². The minimum atomic E-state index is -0.817. The molecule has 0 bridgehead atoms. The fourth-order valence-corrected chi connectivity index (χ4v) is 1.76. The summed E-state index contributed by atoms with van der Waals surface area (Å²) in [6.45, 7) is 8.13. The van der Waals surface area contributed by atoms with Crippen molar-refractivity contribution in [2.45, 2.75) is 64.8 Å². The van der Waals surface area contributed by atoms with Gasteiger partial charge in [-0.15, -0.1) is 0 Å². The van der Waals surface area contributed by atoms with Crippen LogP contribution in [0.15, 0.2) is 0 Å². The van der Waals surface area contributed by atoms with Crippen molar-refractivity contribution in [3.05, 3.63) is 0 Å². The quantitative estimate of drug-likeness (QED) is 0.529. The second-order valence-electron chi connectivity index (χ2n) is 4.99. The monoisotopic (exact) mass is 259 g/mol. The highest BCUT2D eigenvalue weighted by atomic mass is 16.5. The molecule has 4 heteroatoms. The summed E-state index contributed by atoms with van der Waals surface area (Å²) in [7, 11) is 0. The second kappa shape index (κ2) is 10.3. The molecule has 2 N–H and O–H groups in total. The maximum absolute atomic E-state index is 11.2. The molecule has 4 nitrogen and oxygen atoms in total. The van der Waals surface area contributed by atoms with Crippen molar-refractivity contribution in [2.24, 2.45) is 0 Å². The summed E-state index contributed by atoms with van der Waals surface area (Å²) in [6.07, 6.45) is 5.82. The highest BCUT2D eigenvalue weighted by Gasteiger charge is 2.31. The van der Waals surface area contributed by atoms with Crippen LogP contribution in [-0.2, 0) is 9.53 Å². The molecule has 0 rings (SSSR count). The number of ether oxygens (including phenoxy) is 1. The van der Waals surface area contributed by atoms with Gasteiger partial charge in [0.2, 0.25) is 0 Å². The first-order valence-electron chi connectivity index (χ1n) is 7.13. The Balaban J connectivity index is 3.73.